The number of fused-ring (bicyclic) bond motifs is 1. The summed E-state index contributed by atoms with van der Waals surface area (Å²) in [6.07, 6.45) is -3.73. The average Bonchev–Trinajstić information content (AvgIpc) is 3.01. The van der Waals surface area contributed by atoms with Gasteiger partial charge in [-0.05, 0) is 6.07 Å². The van der Waals surface area contributed by atoms with Crippen LogP contribution in [0.2, 0.25) is 0 Å². The van der Waals surface area contributed by atoms with E-state index in [0.717, 1.165) is 0 Å². The molecule has 0 unspecified atom stereocenters. The highest BCUT2D eigenvalue weighted by molar-refractivity contribution is 5.88. The van der Waals surface area contributed by atoms with Gasteiger partial charge in [-0.2, -0.15) is 0 Å². The molecule has 4 atom stereocenters. The Morgan fingerprint density at radius 2 is 1.87 bits per heavy atom. The number of hydrogen-bond donors (Lipinski definition) is 4. The van der Waals surface area contributed by atoms with E-state index in [0.29, 0.717) is 11.3 Å². The molecule has 1 aliphatic rings. The summed E-state index contributed by atoms with van der Waals surface area (Å²) in [5, 5.41) is 39.4. The molecule has 2 heterocycles. The minimum Gasteiger partial charge on any atom is -0.507 e. The molecule has 1 aliphatic heterocycles. The number of aromatic hydroxyl groups is 1. The van der Waals surface area contributed by atoms with Gasteiger partial charge in [0.15, 0.2) is 0 Å². The maximum atomic E-state index is 13.0. The molecule has 1 saturated heterocycles. The van der Waals surface area contributed by atoms with Crippen LogP contribution in [0.4, 0.5) is 0 Å². The molecule has 0 amide bonds. The monoisotopic (exact) mass is 416 g/mol. The first-order chi connectivity index (χ1) is 14.4. The van der Waals surface area contributed by atoms with Crippen molar-refractivity contribution >= 4 is 11.0 Å². The number of benzene rings is 2. The van der Waals surface area contributed by atoms with Crippen molar-refractivity contribution in [3.05, 3.63) is 52.9 Å². The van der Waals surface area contributed by atoms with E-state index >= 15 is 0 Å². The summed E-state index contributed by atoms with van der Waals surface area (Å²) in [4.78, 5) is 13.0. The second-order valence-corrected chi connectivity index (χ2v) is 6.82. The lowest BCUT2D eigenvalue weighted by molar-refractivity contribution is -0.116. The highest BCUT2D eigenvalue weighted by atomic mass is 16.7. The summed E-state index contributed by atoms with van der Waals surface area (Å²) < 4.78 is 21.6. The number of phenols is 1. The molecule has 0 spiro atoms. The van der Waals surface area contributed by atoms with Gasteiger partial charge in [0.1, 0.15) is 52.8 Å². The van der Waals surface area contributed by atoms with Crippen LogP contribution in [0, 0.1) is 0 Å². The van der Waals surface area contributed by atoms with Gasteiger partial charge < -0.3 is 39.1 Å². The Balaban J connectivity index is 1.72. The Bertz CT molecular complexity index is 1120. The van der Waals surface area contributed by atoms with Crippen molar-refractivity contribution in [1.29, 1.82) is 0 Å². The lowest BCUT2D eigenvalue weighted by Crippen LogP contribution is -2.35. The van der Waals surface area contributed by atoms with Gasteiger partial charge in [0.25, 0.3) is 0 Å². The summed E-state index contributed by atoms with van der Waals surface area (Å²) in [5.74, 6) is 0.135. The summed E-state index contributed by atoms with van der Waals surface area (Å²) in [6, 6.07) is 9.46. The van der Waals surface area contributed by atoms with Gasteiger partial charge in [0, 0.05) is 17.7 Å². The van der Waals surface area contributed by atoms with Gasteiger partial charge >= 0.3 is 0 Å². The number of para-hydroxylation sites is 1. The topological polar surface area (TPSA) is 139 Å². The zero-order chi connectivity index (χ0) is 21.4. The molecule has 4 rings (SSSR count). The number of aliphatic hydroxyl groups is 3. The SMILES string of the molecule is COc1ccccc1-c1coc2cc(O[C@H]3O[C@H](CO)[C@@H](O)[C@@H]3O)cc(O)c2c1=O. The number of phenolic OH excluding ortho intramolecular Hbond substituents is 1. The lowest BCUT2D eigenvalue weighted by Gasteiger charge is -2.17. The highest BCUT2D eigenvalue weighted by Gasteiger charge is 2.44. The zero-order valence-electron chi connectivity index (χ0n) is 15.9. The van der Waals surface area contributed by atoms with Crippen LogP contribution in [0.5, 0.6) is 17.2 Å². The van der Waals surface area contributed by atoms with Crippen LogP contribution in [0.25, 0.3) is 22.1 Å². The van der Waals surface area contributed by atoms with Crippen molar-refractivity contribution in [2.24, 2.45) is 0 Å². The molecule has 0 saturated carbocycles. The number of rotatable bonds is 5. The molecule has 1 aromatic heterocycles. The zero-order valence-corrected chi connectivity index (χ0v) is 15.9. The maximum absolute atomic E-state index is 13.0. The Hall–Kier alpha value is -3.11. The van der Waals surface area contributed by atoms with Crippen molar-refractivity contribution in [3.63, 3.8) is 0 Å². The molecule has 3 aromatic rings. The Kier molecular flexibility index (Phi) is 5.35. The lowest BCUT2D eigenvalue weighted by atomic mass is 10.0. The highest BCUT2D eigenvalue weighted by Crippen LogP contribution is 2.34. The van der Waals surface area contributed by atoms with Crippen LogP contribution >= 0.6 is 0 Å². The van der Waals surface area contributed by atoms with Crippen LogP contribution < -0.4 is 14.9 Å². The van der Waals surface area contributed by atoms with Gasteiger partial charge in [-0.1, -0.05) is 18.2 Å². The Morgan fingerprint density at radius 1 is 1.10 bits per heavy atom. The summed E-state index contributed by atoms with van der Waals surface area (Å²) >= 11 is 0. The molecule has 1 fully saturated rings. The van der Waals surface area contributed by atoms with E-state index in [4.69, 9.17) is 23.7 Å². The molecular formula is C21H20O9. The molecular weight excluding hydrogens is 396 g/mol. The fourth-order valence-electron chi connectivity index (χ4n) is 3.43. The number of methoxy groups -OCH3 is 1. The number of hydrogen-bond acceptors (Lipinski definition) is 9. The molecule has 2 aromatic carbocycles. The van der Waals surface area contributed by atoms with Crippen LogP contribution in [0.15, 0.2) is 51.9 Å². The number of ether oxygens (including phenoxy) is 3. The van der Waals surface area contributed by atoms with E-state index in [1.807, 2.05) is 0 Å². The Labute approximate surface area is 170 Å². The van der Waals surface area contributed by atoms with Gasteiger partial charge in [-0.15, -0.1) is 0 Å². The van der Waals surface area contributed by atoms with E-state index < -0.39 is 36.6 Å². The molecule has 30 heavy (non-hydrogen) atoms. The van der Waals surface area contributed by atoms with E-state index in [1.165, 1.54) is 25.5 Å². The van der Waals surface area contributed by atoms with Crippen molar-refractivity contribution in [1.82, 2.24) is 0 Å². The average molecular weight is 416 g/mol. The van der Waals surface area contributed by atoms with Gasteiger partial charge in [0.05, 0.1) is 19.3 Å². The largest absolute Gasteiger partial charge is 0.507 e. The molecule has 9 heteroatoms. The second-order valence-electron chi connectivity index (χ2n) is 6.82. The summed E-state index contributed by atoms with van der Waals surface area (Å²) in [5.41, 5.74) is 0.326. The van der Waals surface area contributed by atoms with Crippen LogP contribution in [-0.4, -0.2) is 58.7 Å². The smallest absolute Gasteiger partial charge is 0.229 e. The van der Waals surface area contributed by atoms with Gasteiger partial charge in [-0.25, -0.2) is 0 Å². The van der Waals surface area contributed by atoms with Gasteiger partial charge in [-0.3, -0.25) is 4.79 Å². The van der Waals surface area contributed by atoms with E-state index in [1.54, 1.807) is 24.3 Å². The van der Waals surface area contributed by atoms with Crippen molar-refractivity contribution in [3.8, 4) is 28.4 Å². The third-order valence-corrected chi connectivity index (χ3v) is 4.98. The Morgan fingerprint density at radius 3 is 2.57 bits per heavy atom. The number of aliphatic hydroxyl groups excluding tert-OH is 3. The molecule has 4 N–H and O–H groups in total. The predicted octanol–water partition coefficient (Wildman–Crippen LogP) is 0.992. The minimum atomic E-state index is -1.40. The third-order valence-electron chi connectivity index (χ3n) is 4.98. The van der Waals surface area contributed by atoms with Crippen LogP contribution in [-0.2, 0) is 4.74 Å². The van der Waals surface area contributed by atoms with Crippen molar-refractivity contribution < 1.29 is 39.1 Å². The van der Waals surface area contributed by atoms with Crippen molar-refractivity contribution in [2.75, 3.05) is 13.7 Å². The fourth-order valence-corrected chi connectivity index (χ4v) is 3.43. The first-order valence-electron chi connectivity index (χ1n) is 9.15. The van der Waals surface area contributed by atoms with E-state index in [9.17, 15) is 20.1 Å². The van der Waals surface area contributed by atoms with Crippen LogP contribution in [0.3, 0.4) is 0 Å². The minimum absolute atomic E-state index is 0.0445. The molecule has 0 aliphatic carbocycles. The van der Waals surface area contributed by atoms with E-state index in [2.05, 4.69) is 0 Å². The van der Waals surface area contributed by atoms with Gasteiger partial charge in [0.2, 0.25) is 11.7 Å². The quantitative estimate of drug-likeness (QED) is 0.479. The molecule has 158 valence electrons. The summed E-state index contributed by atoms with van der Waals surface area (Å²) in [6.45, 7) is -0.498. The first-order valence-corrected chi connectivity index (χ1v) is 9.15. The molecule has 0 radical (unpaired) electrons. The van der Waals surface area contributed by atoms with Crippen molar-refractivity contribution in [2.45, 2.75) is 24.6 Å². The fraction of sp³-hybridized carbons (Fsp3) is 0.286. The second kappa shape index (κ2) is 7.96. The normalized spacial score (nSPS) is 23.6. The summed E-state index contributed by atoms with van der Waals surface area (Å²) in [7, 11) is 1.49. The van der Waals surface area contributed by atoms with E-state index in [-0.39, 0.29) is 28.0 Å². The maximum Gasteiger partial charge on any atom is 0.229 e. The third kappa shape index (κ3) is 3.37. The van der Waals surface area contributed by atoms with Crippen LogP contribution in [0.1, 0.15) is 0 Å². The predicted molar refractivity (Wildman–Crippen MR) is 105 cm³/mol. The standard InChI is InChI=1S/C21H20O9/c1-27-14-5-3-2-4-11(14)12-9-28-15-7-10(6-13(23)17(15)18(12)24)29-21-20(26)19(25)16(8-22)30-21/h2-7,9,16,19-23,25-26H,8H2,1H3/t16-,19-,20+,21+/m1/s1. The molecule has 9 nitrogen and oxygen atoms in total. The molecule has 0 bridgehead atoms. The first kappa shape index (κ1) is 20.2.